The molecule has 2 aromatic carbocycles. The van der Waals surface area contributed by atoms with Crippen LogP contribution in [0.25, 0.3) is 21.8 Å². The lowest BCUT2D eigenvalue weighted by Crippen LogP contribution is -2.51. The summed E-state index contributed by atoms with van der Waals surface area (Å²) in [6.45, 7) is 6.84. The summed E-state index contributed by atoms with van der Waals surface area (Å²) in [7, 11) is 0. The van der Waals surface area contributed by atoms with Crippen LogP contribution in [0.1, 0.15) is 130 Å². The molecule has 0 radical (unpaired) electrons. The maximum absolute atomic E-state index is 13.0. The van der Waals surface area contributed by atoms with Gasteiger partial charge in [0.15, 0.2) is 6.61 Å². The fraction of sp³-hybridized carbons (Fsp3) is 0.632. The first-order chi connectivity index (χ1) is 21.5. The van der Waals surface area contributed by atoms with Crippen LogP contribution in [0.5, 0.6) is 5.75 Å². The van der Waals surface area contributed by atoms with Gasteiger partial charge in [0.05, 0.1) is 5.52 Å². The van der Waals surface area contributed by atoms with E-state index in [1.54, 1.807) is 0 Å². The highest BCUT2D eigenvalue weighted by molar-refractivity contribution is 6.07. The second-order valence-electron chi connectivity index (χ2n) is 12.7. The SMILES string of the molecule is CCCCCCCCCCCCCCCCCCNC(=O)[C@@H](NC(=O)COc1ccc2c(c1)[nH]c1ccccc12)C(C)CC. The van der Waals surface area contributed by atoms with Crippen LogP contribution in [0.15, 0.2) is 42.5 Å². The van der Waals surface area contributed by atoms with E-state index < -0.39 is 6.04 Å². The molecule has 0 saturated carbocycles. The van der Waals surface area contributed by atoms with Crippen molar-refractivity contribution < 1.29 is 14.3 Å². The van der Waals surface area contributed by atoms with Gasteiger partial charge in [-0.3, -0.25) is 9.59 Å². The van der Waals surface area contributed by atoms with E-state index in [2.05, 4.69) is 28.6 Å². The Kier molecular flexibility index (Phi) is 16.8. The second kappa shape index (κ2) is 20.8. The summed E-state index contributed by atoms with van der Waals surface area (Å²) in [5, 5.41) is 8.26. The number of hydrogen-bond acceptors (Lipinski definition) is 3. The average molecular weight is 606 g/mol. The number of rotatable bonds is 24. The van der Waals surface area contributed by atoms with Gasteiger partial charge in [-0.05, 0) is 30.5 Å². The predicted molar refractivity (Wildman–Crippen MR) is 185 cm³/mol. The van der Waals surface area contributed by atoms with Gasteiger partial charge in [-0.15, -0.1) is 0 Å². The van der Waals surface area contributed by atoms with E-state index in [-0.39, 0.29) is 24.3 Å². The lowest BCUT2D eigenvalue weighted by atomic mass is 9.98. The Bertz CT molecular complexity index is 1240. The number of amides is 2. The molecule has 6 nitrogen and oxygen atoms in total. The van der Waals surface area contributed by atoms with Gasteiger partial charge in [-0.25, -0.2) is 0 Å². The van der Waals surface area contributed by atoms with Gasteiger partial charge < -0.3 is 20.4 Å². The third-order valence-electron chi connectivity index (χ3n) is 8.99. The Balaban J connectivity index is 1.24. The largest absolute Gasteiger partial charge is 0.484 e. The standard InChI is InChI=1S/C38H59N3O3/c1-4-6-7-8-9-10-11-12-13-14-15-16-17-18-19-22-27-39-38(43)37(30(3)5-2)41-36(42)29-44-31-25-26-33-32-23-20-21-24-34(32)40-35(33)28-31/h20-21,23-26,28,30,37,40H,4-19,22,27,29H2,1-3H3,(H,39,43)(H,41,42)/t30?,37-/m0/s1. The first kappa shape index (κ1) is 35.5. The molecule has 0 aliphatic carbocycles. The van der Waals surface area contributed by atoms with Crippen molar-refractivity contribution in [1.82, 2.24) is 15.6 Å². The van der Waals surface area contributed by atoms with Crippen LogP contribution in [-0.2, 0) is 9.59 Å². The molecule has 3 aromatic rings. The van der Waals surface area contributed by atoms with Crippen molar-refractivity contribution in [2.75, 3.05) is 13.2 Å². The topological polar surface area (TPSA) is 83.2 Å². The molecule has 0 spiro atoms. The average Bonchev–Trinajstić information content (AvgIpc) is 3.41. The Morgan fingerprint density at radius 3 is 1.91 bits per heavy atom. The Morgan fingerprint density at radius 2 is 1.30 bits per heavy atom. The van der Waals surface area contributed by atoms with Crippen LogP contribution in [0.4, 0.5) is 0 Å². The molecule has 0 fully saturated rings. The highest BCUT2D eigenvalue weighted by Gasteiger charge is 2.25. The molecule has 1 heterocycles. The maximum atomic E-state index is 13.0. The third-order valence-corrected chi connectivity index (χ3v) is 8.99. The number of aromatic nitrogens is 1. The Morgan fingerprint density at radius 1 is 0.727 bits per heavy atom. The number of unbranched alkanes of at least 4 members (excludes halogenated alkanes) is 15. The van der Waals surface area contributed by atoms with Crippen molar-refractivity contribution >= 4 is 33.6 Å². The van der Waals surface area contributed by atoms with Crippen molar-refractivity contribution in [3.8, 4) is 5.75 Å². The summed E-state index contributed by atoms with van der Waals surface area (Å²) in [5.74, 6) is 0.262. The number of fused-ring (bicyclic) bond motifs is 3. The van der Waals surface area contributed by atoms with Crippen molar-refractivity contribution in [3.63, 3.8) is 0 Å². The summed E-state index contributed by atoms with van der Waals surface area (Å²) in [5.41, 5.74) is 2.04. The van der Waals surface area contributed by atoms with Crippen molar-refractivity contribution in [2.24, 2.45) is 5.92 Å². The third kappa shape index (κ3) is 12.5. The predicted octanol–water partition coefficient (Wildman–Crippen LogP) is 9.61. The van der Waals surface area contributed by atoms with Gasteiger partial charge in [-0.2, -0.15) is 0 Å². The quantitative estimate of drug-likeness (QED) is 0.0889. The highest BCUT2D eigenvalue weighted by atomic mass is 16.5. The number of aromatic amines is 1. The van der Waals surface area contributed by atoms with E-state index in [0.717, 1.165) is 41.1 Å². The molecular formula is C38H59N3O3. The van der Waals surface area contributed by atoms with Crippen molar-refractivity contribution in [1.29, 1.82) is 0 Å². The van der Waals surface area contributed by atoms with Crippen LogP contribution >= 0.6 is 0 Å². The second-order valence-corrected chi connectivity index (χ2v) is 12.7. The Hall–Kier alpha value is -3.02. The molecule has 0 aliphatic rings. The molecule has 2 atom stereocenters. The van der Waals surface area contributed by atoms with Crippen molar-refractivity contribution in [3.05, 3.63) is 42.5 Å². The minimum atomic E-state index is -0.562. The summed E-state index contributed by atoms with van der Waals surface area (Å²) in [4.78, 5) is 29.1. The fourth-order valence-corrected chi connectivity index (χ4v) is 5.98. The van der Waals surface area contributed by atoms with Gasteiger partial charge in [0, 0.05) is 28.9 Å². The summed E-state index contributed by atoms with van der Waals surface area (Å²) < 4.78 is 5.80. The molecule has 0 aliphatic heterocycles. The van der Waals surface area contributed by atoms with E-state index in [4.69, 9.17) is 4.74 Å². The maximum Gasteiger partial charge on any atom is 0.258 e. The number of benzene rings is 2. The summed E-state index contributed by atoms with van der Waals surface area (Å²) in [6.07, 6.45) is 22.1. The molecular weight excluding hydrogens is 546 g/mol. The van der Waals surface area contributed by atoms with Gasteiger partial charge in [-0.1, -0.05) is 142 Å². The normalized spacial score (nSPS) is 12.8. The molecule has 3 N–H and O–H groups in total. The number of hydrogen-bond donors (Lipinski definition) is 3. The number of carbonyl (C=O) groups excluding carboxylic acids is 2. The molecule has 0 saturated heterocycles. The van der Waals surface area contributed by atoms with E-state index in [9.17, 15) is 9.59 Å². The van der Waals surface area contributed by atoms with Crippen LogP contribution in [0.2, 0.25) is 0 Å². The first-order valence-electron chi connectivity index (χ1n) is 17.7. The van der Waals surface area contributed by atoms with Crippen LogP contribution in [0, 0.1) is 5.92 Å². The molecule has 3 rings (SSSR count). The number of H-pyrrole nitrogens is 1. The first-order valence-corrected chi connectivity index (χ1v) is 17.7. The monoisotopic (exact) mass is 605 g/mol. The smallest absolute Gasteiger partial charge is 0.258 e. The zero-order valence-corrected chi connectivity index (χ0v) is 27.9. The van der Waals surface area contributed by atoms with E-state index in [0.29, 0.717) is 12.3 Å². The van der Waals surface area contributed by atoms with Crippen LogP contribution in [0.3, 0.4) is 0 Å². The Labute approximate surface area is 266 Å². The highest BCUT2D eigenvalue weighted by Crippen LogP contribution is 2.28. The zero-order chi connectivity index (χ0) is 31.4. The van der Waals surface area contributed by atoms with E-state index >= 15 is 0 Å². The molecule has 1 unspecified atom stereocenters. The number of carbonyl (C=O) groups is 2. The zero-order valence-electron chi connectivity index (χ0n) is 27.9. The summed E-state index contributed by atoms with van der Waals surface area (Å²) >= 11 is 0. The van der Waals surface area contributed by atoms with Gasteiger partial charge >= 0.3 is 0 Å². The fourth-order valence-electron chi connectivity index (χ4n) is 5.98. The number of ether oxygens (including phenoxy) is 1. The van der Waals surface area contributed by atoms with Gasteiger partial charge in [0.25, 0.3) is 5.91 Å². The lowest BCUT2D eigenvalue weighted by molar-refractivity contribution is -0.131. The minimum Gasteiger partial charge on any atom is -0.484 e. The van der Waals surface area contributed by atoms with Gasteiger partial charge in [0.2, 0.25) is 5.91 Å². The lowest BCUT2D eigenvalue weighted by Gasteiger charge is -2.23. The number of nitrogens with one attached hydrogen (secondary N) is 3. The molecule has 1 aromatic heterocycles. The molecule has 6 heteroatoms. The van der Waals surface area contributed by atoms with Crippen LogP contribution < -0.4 is 15.4 Å². The molecule has 2 amide bonds. The molecule has 244 valence electrons. The van der Waals surface area contributed by atoms with Gasteiger partial charge in [0.1, 0.15) is 11.8 Å². The van der Waals surface area contributed by atoms with E-state index in [1.165, 1.54) is 89.9 Å². The summed E-state index contributed by atoms with van der Waals surface area (Å²) in [6, 6.07) is 13.4. The molecule has 44 heavy (non-hydrogen) atoms. The van der Waals surface area contributed by atoms with E-state index in [1.807, 2.05) is 50.2 Å². The number of para-hydroxylation sites is 1. The molecule has 0 bridgehead atoms. The van der Waals surface area contributed by atoms with Crippen molar-refractivity contribution in [2.45, 2.75) is 136 Å². The van der Waals surface area contributed by atoms with Crippen LogP contribution in [-0.4, -0.2) is 36.0 Å². The minimum absolute atomic E-state index is 0.0347.